The Morgan fingerprint density at radius 1 is 0.963 bits per heavy atom. The molecule has 1 heterocycles. The number of H-pyrrole nitrogens is 1. The molecule has 3 aromatic rings. The molecular weight excluding hydrogens is 420 g/mol. The van der Waals surface area contributed by atoms with Crippen molar-refractivity contribution in [3.63, 3.8) is 0 Å². The lowest BCUT2D eigenvalue weighted by molar-refractivity contribution is -0.136. The normalized spacial score (nSPS) is 12.1. The molecule has 0 amide bonds. The first kappa shape index (κ1) is 20.3. The van der Waals surface area contributed by atoms with Crippen LogP contribution < -0.4 is 5.73 Å². The van der Waals surface area contributed by atoms with E-state index in [0.29, 0.717) is 51.6 Å². The Morgan fingerprint density at radius 2 is 1.70 bits per heavy atom. The first-order valence-electron chi connectivity index (χ1n) is 8.29. The standard InChI is InChI=1S/C19H16Cl3F3N2/c20-10-4-5-11(15(22)9-10)17-12(3-1-2-8-26)16-14(21)7-6-13(18(16)27-17)19(23,24)25/h4-7,9,27H,1-3,8,26H2. The predicted molar refractivity (Wildman–Crippen MR) is 106 cm³/mol. The molecule has 3 N–H and O–H groups in total. The topological polar surface area (TPSA) is 41.8 Å². The number of halogens is 6. The predicted octanol–water partition coefficient (Wildman–Crippen LogP) is 7.10. The highest BCUT2D eigenvalue weighted by Gasteiger charge is 2.34. The van der Waals surface area contributed by atoms with E-state index in [1.807, 2.05) is 0 Å². The molecule has 144 valence electrons. The maximum Gasteiger partial charge on any atom is 0.418 e. The molecular formula is C19H16Cl3F3N2. The minimum atomic E-state index is -4.51. The van der Waals surface area contributed by atoms with Gasteiger partial charge in [-0.1, -0.05) is 34.8 Å². The highest BCUT2D eigenvalue weighted by atomic mass is 35.5. The molecule has 0 unspecified atom stereocenters. The van der Waals surface area contributed by atoms with Crippen LogP contribution >= 0.6 is 34.8 Å². The Balaban J connectivity index is 2.31. The van der Waals surface area contributed by atoms with Gasteiger partial charge in [-0.05, 0) is 61.7 Å². The van der Waals surface area contributed by atoms with Crippen LogP contribution in [-0.4, -0.2) is 11.5 Å². The summed E-state index contributed by atoms with van der Waals surface area (Å²) in [6.45, 7) is 0.501. The van der Waals surface area contributed by atoms with Gasteiger partial charge in [-0.15, -0.1) is 0 Å². The average molecular weight is 436 g/mol. The van der Waals surface area contributed by atoms with Gasteiger partial charge in [-0.2, -0.15) is 13.2 Å². The van der Waals surface area contributed by atoms with Gasteiger partial charge in [0.05, 0.1) is 26.8 Å². The number of hydrogen-bond donors (Lipinski definition) is 2. The summed E-state index contributed by atoms with van der Waals surface area (Å²) in [5.41, 5.74) is 6.54. The van der Waals surface area contributed by atoms with Crippen molar-refractivity contribution in [2.24, 2.45) is 5.73 Å². The van der Waals surface area contributed by atoms with Gasteiger partial charge in [-0.3, -0.25) is 0 Å². The fourth-order valence-corrected chi connectivity index (χ4v) is 3.96. The molecule has 2 aromatic carbocycles. The SMILES string of the molecule is NCCCCc1c(-c2ccc(Cl)cc2Cl)[nH]c2c(C(F)(F)F)ccc(Cl)c12. The number of benzene rings is 2. The molecule has 8 heteroatoms. The van der Waals surface area contributed by atoms with Gasteiger partial charge < -0.3 is 10.7 Å². The molecule has 0 aliphatic rings. The molecule has 0 spiro atoms. The number of aryl methyl sites for hydroxylation is 1. The van der Waals surface area contributed by atoms with E-state index in [-0.39, 0.29) is 10.5 Å². The third-order valence-electron chi connectivity index (χ3n) is 4.39. The number of hydrogen-bond acceptors (Lipinski definition) is 1. The van der Waals surface area contributed by atoms with Crippen LogP contribution in [0.4, 0.5) is 13.2 Å². The molecule has 0 aliphatic carbocycles. The molecule has 0 saturated heterocycles. The second-order valence-electron chi connectivity index (χ2n) is 6.19. The van der Waals surface area contributed by atoms with Gasteiger partial charge >= 0.3 is 6.18 Å². The second-order valence-corrected chi connectivity index (χ2v) is 7.44. The van der Waals surface area contributed by atoms with Crippen molar-refractivity contribution >= 4 is 45.7 Å². The van der Waals surface area contributed by atoms with Crippen LogP contribution in [0.15, 0.2) is 30.3 Å². The average Bonchev–Trinajstić information content (AvgIpc) is 2.94. The fraction of sp³-hybridized carbons (Fsp3) is 0.263. The first-order valence-corrected chi connectivity index (χ1v) is 9.43. The van der Waals surface area contributed by atoms with Crippen molar-refractivity contribution < 1.29 is 13.2 Å². The summed E-state index contributed by atoms with van der Waals surface area (Å²) in [6, 6.07) is 7.14. The van der Waals surface area contributed by atoms with E-state index in [1.165, 1.54) is 6.07 Å². The summed E-state index contributed by atoms with van der Waals surface area (Å²) in [5, 5.41) is 1.41. The van der Waals surface area contributed by atoms with Gasteiger partial charge in [0.15, 0.2) is 0 Å². The van der Waals surface area contributed by atoms with E-state index in [2.05, 4.69) is 4.98 Å². The summed E-state index contributed by atoms with van der Waals surface area (Å²) in [6.07, 6.45) is -2.53. The number of aromatic nitrogens is 1. The lowest BCUT2D eigenvalue weighted by atomic mass is 9.99. The number of fused-ring (bicyclic) bond motifs is 1. The van der Waals surface area contributed by atoms with Crippen molar-refractivity contribution in [2.45, 2.75) is 25.4 Å². The van der Waals surface area contributed by atoms with E-state index in [1.54, 1.807) is 18.2 Å². The summed E-state index contributed by atoms with van der Waals surface area (Å²) in [5.74, 6) is 0. The number of alkyl halides is 3. The third-order valence-corrected chi connectivity index (χ3v) is 5.26. The Hall–Kier alpha value is -1.40. The zero-order valence-electron chi connectivity index (χ0n) is 14.1. The molecule has 3 rings (SSSR count). The number of rotatable bonds is 5. The van der Waals surface area contributed by atoms with Crippen LogP contribution in [0.5, 0.6) is 0 Å². The largest absolute Gasteiger partial charge is 0.418 e. The van der Waals surface area contributed by atoms with Crippen LogP contribution in [0.2, 0.25) is 15.1 Å². The molecule has 2 nitrogen and oxygen atoms in total. The zero-order valence-corrected chi connectivity index (χ0v) is 16.3. The van der Waals surface area contributed by atoms with Gasteiger partial charge in [0.2, 0.25) is 0 Å². The van der Waals surface area contributed by atoms with Crippen molar-refractivity contribution in [1.82, 2.24) is 4.98 Å². The smallest absolute Gasteiger partial charge is 0.354 e. The van der Waals surface area contributed by atoms with E-state index < -0.39 is 11.7 Å². The summed E-state index contributed by atoms with van der Waals surface area (Å²) in [7, 11) is 0. The van der Waals surface area contributed by atoms with Crippen LogP contribution in [-0.2, 0) is 12.6 Å². The lowest BCUT2D eigenvalue weighted by Crippen LogP contribution is -2.05. The Kier molecular flexibility index (Phi) is 5.96. The van der Waals surface area contributed by atoms with E-state index in [0.717, 1.165) is 12.5 Å². The Morgan fingerprint density at radius 3 is 2.33 bits per heavy atom. The lowest BCUT2D eigenvalue weighted by Gasteiger charge is -2.09. The quantitative estimate of drug-likeness (QED) is 0.412. The number of unbranched alkanes of at least 4 members (excludes halogenated alkanes) is 1. The first-order chi connectivity index (χ1) is 12.7. The molecule has 0 saturated carbocycles. The van der Waals surface area contributed by atoms with E-state index in [9.17, 15) is 13.2 Å². The van der Waals surface area contributed by atoms with E-state index >= 15 is 0 Å². The molecule has 1 aromatic heterocycles. The van der Waals surface area contributed by atoms with Gasteiger partial charge in [0.1, 0.15) is 0 Å². The fourth-order valence-electron chi connectivity index (χ4n) is 3.18. The molecule has 0 fully saturated rings. The minimum Gasteiger partial charge on any atom is -0.354 e. The van der Waals surface area contributed by atoms with Gasteiger partial charge in [-0.25, -0.2) is 0 Å². The van der Waals surface area contributed by atoms with Crippen molar-refractivity contribution in [3.05, 3.63) is 56.5 Å². The zero-order chi connectivity index (χ0) is 19.8. The monoisotopic (exact) mass is 434 g/mol. The number of nitrogens with two attached hydrogens (primary N) is 1. The van der Waals surface area contributed by atoms with Crippen LogP contribution in [0.1, 0.15) is 24.0 Å². The molecule has 0 aliphatic heterocycles. The van der Waals surface area contributed by atoms with Crippen LogP contribution in [0.25, 0.3) is 22.2 Å². The van der Waals surface area contributed by atoms with Gasteiger partial charge in [0, 0.05) is 16.0 Å². The summed E-state index contributed by atoms with van der Waals surface area (Å²) in [4.78, 5) is 2.92. The van der Waals surface area contributed by atoms with E-state index in [4.69, 9.17) is 40.5 Å². The second kappa shape index (κ2) is 7.92. The van der Waals surface area contributed by atoms with Crippen LogP contribution in [0.3, 0.4) is 0 Å². The van der Waals surface area contributed by atoms with Crippen LogP contribution in [0, 0.1) is 0 Å². The molecule has 0 radical (unpaired) electrons. The Bertz CT molecular complexity index is 980. The highest BCUT2D eigenvalue weighted by Crippen LogP contribution is 2.43. The maximum absolute atomic E-state index is 13.5. The minimum absolute atomic E-state index is 0.0428. The van der Waals surface area contributed by atoms with Crippen molar-refractivity contribution in [2.75, 3.05) is 6.54 Å². The molecule has 0 atom stereocenters. The number of nitrogens with one attached hydrogen (secondary N) is 1. The van der Waals surface area contributed by atoms with Crippen molar-refractivity contribution in [1.29, 1.82) is 0 Å². The third kappa shape index (κ3) is 4.06. The summed E-state index contributed by atoms with van der Waals surface area (Å²) < 4.78 is 40.5. The Labute approximate surface area is 169 Å². The van der Waals surface area contributed by atoms with Gasteiger partial charge in [0.25, 0.3) is 0 Å². The molecule has 0 bridgehead atoms. The maximum atomic E-state index is 13.5. The highest BCUT2D eigenvalue weighted by molar-refractivity contribution is 6.37. The molecule has 27 heavy (non-hydrogen) atoms. The van der Waals surface area contributed by atoms with Crippen molar-refractivity contribution in [3.8, 4) is 11.3 Å². The number of aromatic amines is 1. The summed E-state index contributed by atoms with van der Waals surface area (Å²) >= 11 is 18.6.